The summed E-state index contributed by atoms with van der Waals surface area (Å²) in [5.74, 6) is -0.335. The molecule has 1 aromatic carbocycles. The number of aromatic nitrogens is 2. The molecule has 1 N–H and O–H groups in total. The Labute approximate surface area is 158 Å². The fraction of sp³-hybridized carbons (Fsp3) is 0.250. The van der Waals surface area contributed by atoms with E-state index in [4.69, 9.17) is 9.57 Å². The van der Waals surface area contributed by atoms with E-state index >= 15 is 0 Å². The van der Waals surface area contributed by atoms with E-state index in [1.165, 1.54) is 0 Å². The van der Waals surface area contributed by atoms with Crippen LogP contribution in [0.25, 0.3) is 22.3 Å². The van der Waals surface area contributed by atoms with E-state index in [0.29, 0.717) is 28.9 Å². The maximum absolute atomic E-state index is 12.8. The summed E-state index contributed by atoms with van der Waals surface area (Å²) >= 11 is 0. The van der Waals surface area contributed by atoms with Crippen LogP contribution in [0.2, 0.25) is 0 Å². The second-order valence-electron chi connectivity index (χ2n) is 6.64. The molecule has 1 unspecified atom stereocenters. The van der Waals surface area contributed by atoms with Crippen LogP contribution in [0.4, 0.5) is 0 Å². The van der Waals surface area contributed by atoms with Gasteiger partial charge in [-0.25, -0.2) is 20.3 Å². The highest BCUT2D eigenvalue weighted by Crippen LogP contribution is 2.23. The first kappa shape index (κ1) is 17.6. The standard InChI is InChI=1S/C20H20BN3O3/c21-14-8-6-13(7-9-14)17-12-16(15-4-3-10-22-19(15)23-17)20(25)24-27-18-5-1-2-11-26-18/h3-4,6-10,12,18H,1-2,5,11,21H2,(H,24,25). The van der Waals surface area contributed by atoms with E-state index < -0.39 is 6.29 Å². The number of hydrogen-bond acceptors (Lipinski definition) is 5. The minimum absolute atomic E-state index is 0.335. The van der Waals surface area contributed by atoms with Gasteiger partial charge in [-0.05, 0) is 31.0 Å². The molecule has 7 heteroatoms. The minimum atomic E-state index is -0.398. The molecule has 3 heterocycles. The van der Waals surface area contributed by atoms with Crippen molar-refractivity contribution in [3.63, 3.8) is 0 Å². The number of hydrogen-bond donors (Lipinski definition) is 1. The van der Waals surface area contributed by atoms with Gasteiger partial charge in [0.25, 0.3) is 5.91 Å². The SMILES string of the molecule is Bc1ccc(-c2cc(C(=O)NOC3CCCCO3)c3cccnc3n2)cc1. The van der Waals surface area contributed by atoms with Crippen molar-refractivity contribution in [1.82, 2.24) is 15.4 Å². The van der Waals surface area contributed by atoms with Crippen molar-refractivity contribution in [3.05, 3.63) is 54.2 Å². The highest BCUT2D eigenvalue weighted by atomic mass is 16.8. The summed E-state index contributed by atoms with van der Waals surface area (Å²) < 4.78 is 5.49. The molecule has 0 radical (unpaired) electrons. The van der Waals surface area contributed by atoms with Crippen molar-refractivity contribution in [2.45, 2.75) is 25.6 Å². The van der Waals surface area contributed by atoms with Crippen molar-refractivity contribution in [3.8, 4) is 11.3 Å². The van der Waals surface area contributed by atoms with Gasteiger partial charge in [0, 0.05) is 30.2 Å². The lowest BCUT2D eigenvalue weighted by molar-refractivity contribution is -0.186. The molecule has 3 aromatic rings. The number of benzene rings is 1. The average molecular weight is 361 g/mol. The number of rotatable bonds is 4. The first-order valence-electron chi connectivity index (χ1n) is 9.11. The van der Waals surface area contributed by atoms with Crippen LogP contribution in [0.15, 0.2) is 48.7 Å². The van der Waals surface area contributed by atoms with Crippen LogP contribution in [0.1, 0.15) is 29.6 Å². The van der Waals surface area contributed by atoms with Crippen LogP contribution < -0.4 is 10.9 Å². The smallest absolute Gasteiger partial charge is 0.275 e. The second kappa shape index (κ2) is 7.86. The summed E-state index contributed by atoms with van der Waals surface area (Å²) in [6, 6.07) is 13.4. The third kappa shape index (κ3) is 3.99. The molecule has 1 amide bonds. The van der Waals surface area contributed by atoms with Crippen LogP contribution in [0.3, 0.4) is 0 Å². The lowest BCUT2D eigenvalue weighted by atomic mass is 9.94. The number of hydroxylamine groups is 1. The molecule has 1 atom stereocenters. The molecule has 0 saturated carbocycles. The second-order valence-corrected chi connectivity index (χ2v) is 6.64. The first-order chi connectivity index (χ1) is 13.2. The molecule has 0 bridgehead atoms. The Morgan fingerprint density at radius 1 is 1.22 bits per heavy atom. The van der Waals surface area contributed by atoms with Crippen LogP contribution >= 0.6 is 0 Å². The molecule has 136 valence electrons. The first-order valence-corrected chi connectivity index (χ1v) is 9.11. The van der Waals surface area contributed by atoms with Crippen LogP contribution in [-0.4, -0.2) is 36.6 Å². The molecule has 27 heavy (non-hydrogen) atoms. The number of carbonyl (C=O) groups excluding carboxylic acids is 1. The Kier molecular flexibility index (Phi) is 5.13. The summed E-state index contributed by atoms with van der Waals surface area (Å²) in [7, 11) is 2.03. The lowest BCUT2D eigenvalue weighted by Crippen LogP contribution is -2.33. The van der Waals surface area contributed by atoms with Gasteiger partial charge in [0.2, 0.25) is 0 Å². The van der Waals surface area contributed by atoms with Gasteiger partial charge in [-0.3, -0.25) is 4.79 Å². The topological polar surface area (TPSA) is 73.3 Å². The van der Waals surface area contributed by atoms with Gasteiger partial charge in [0.1, 0.15) is 7.85 Å². The van der Waals surface area contributed by atoms with Gasteiger partial charge in [0.05, 0.1) is 11.3 Å². The molecule has 0 aliphatic carbocycles. The average Bonchev–Trinajstić information content (AvgIpc) is 2.72. The Bertz CT molecular complexity index is 956. The highest BCUT2D eigenvalue weighted by molar-refractivity contribution is 6.32. The molecular formula is C20H20BN3O3. The summed E-state index contributed by atoms with van der Waals surface area (Å²) in [5.41, 5.74) is 6.31. The lowest BCUT2D eigenvalue weighted by Gasteiger charge is -2.22. The molecule has 1 aliphatic rings. The quantitative estimate of drug-likeness (QED) is 0.566. The number of nitrogens with zero attached hydrogens (tertiary/aromatic N) is 2. The zero-order valence-electron chi connectivity index (χ0n) is 15.1. The van der Waals surface area contributed by atoms with Crippen molar-refractivity contribution in [1.29, 1.82) is 0 Å². The van der Waals surface area contributed by atoms with Crippen molar-refractivity contribution in [2.24, 2.45) is 0 Å². The van der Waals surface area contributed by atoms with E-state index in [1.807, 2.05) is 38.2 Å². The van der Waals surface area contributed by atoms with Crippen LogP contribution in [-0.2, 0) is 9.57 Å². The zero-order chi connectivity index (χ0) is 18.6. The molecule has 0 spiro atoms. The monoisotopic (exact) mass is 361 g/mol. The number of ether oxygens (including phenoxy) is 1. The largest absolute Gasteiger partial charge is 0.350 e. The molecule has 1 aliphatic heterocycles. The summed E-state index contributed by atoms with van der Waals surface area (Å²) in [6.45, 7) is 0.653. The third-order valence-electron chi connectivity index (χ3n) is 4.60. The zero-order valence-corrected chi connectivity index (χ0v) is 15.1. The predicted octanol–water partition coefficient (Wildman–Crippen LogP) is 1.74. The normalized spacial score (nSPS) is 17.0. The fourth-order valence-electron chi connectivity index (χ4n) is 3.10. The predicted molar refractivity (Wildman–Crippen MR) is 105 cm³/mol. The Morgan fingerprint density at radius 3 is 2.85 bits per heavy atom. The Balaban J connectivity index is 1.65. The number of nitrogens with one attached hydrogen (secondary N) is 1. The third-order valence-corrected chi connectivity index (χ3v) is 4.60. The van der Waals surface area contributed by atoms with Gasteiger partial charge in [-0.1, -0.05) is 29.7 Å². The van der Waals surface area contributed by atoms with E-state index in [9.17, 15) is 4.79 Å². The van der Waals surface area contributed by atoms with E-state index in [-0.39, 0.29) is 5.91 Å². The van der Waals surface area contributed by atoms with Gasteiger partial charge >= 0.3 is 0 Å². The number of pyridine rings is 2. The van der Waals surface area contributed by atoms with Crippen molar-refractivity contribution >= 4 is 30.2 Å². The fourth-order valence-corrected chi connectivity index (χ4v) is 3.10. The molecule has 1 saturated heterocycles. The van der Waals surface area contributed by atoms with Crippen molar-refractivity contribution < 1.29 is 14.4 Å². The molecule has 6 nitrogen and oxygen atoms in total. The maximum atomic E-state index is 12.8. The molecular weight excluding hydrogens is 341 g/mol. The summed E-state index contributed by atoms with van der Waals surface area (Å²) in [4.78, 5) is 27.2. The van der Waals surface area contributed by atoms with Gasteiger partial charge in [-0.2, -0.15) is 0 Å². The van der Waals surface area contributed by atoms with E-state index in [2.05, 4.69) is 15.4 Å². The highest BCUT2D eigenvalue weighted by Gasteiger charge is 2.19. The minimum Gasteiger partial charge on any atom is -0.350 e. The summed E-state index contributed by atoms with van der Waals surface area (Å²) in [6.07, 6.45) is 4.09. The Hall–Kier alpha value is -2.77. The van der Waals surface area contributed by atoms with Crippen LogP contribution in [0, 0.1) is 0 Å². The molecule has 2 aromatic heterocycles. The van der Waals surface area contributed by atoms with Gasteiger partial charge in [0.15, 0.2) is 11.9 Å². The summed E-state index contributed by atoms with van der Waals surface area (Å²) in [5, 5.41) is 0.680. The van der Waals surface area contributed by atoms with E-state index in [1.54, 1.807) is 18.3 Å². The molecule has 1 fully saturated rings. The number of fused-ring (bicyclic) bond motifs is 1. The molecule has 4 rings (SSSR count). The van der Waals surface area contributed by atoms with Crippen molar-refractivity contribution in [2.75, 3.05) is 6.61 Å². The van der Waals surface area contributed by atoms with Gasteiger partial charge in [-0.15, -0.1) is 0 Å². The maximum Gasteiger partial charge on any atom is 0.275 e. The Morgan fingerprint density at radius 2 is 2.07 bits per heavy atom. The van der Waals surface area contributed by atoms with Crippen LogP contribution in [0.5, 0.6) is 0 Å². The van der Waals surface area contributed by atoms with E-state index in [0.717, 1.165) is 30.3 Å². The number of carbonyl (C=O) groups is 1. The number of amides is 1. The van der Waals surface area contributed by atoms with Gasteiger partial charge < -0.3 is 4.74 Å².